The van der Waals surface area contributed by atoms with E-state index in [0.29, 0.717) is 0 Å². The van der Waals surface area contributed by atoms with Gasteiger partial charge >= 0.3 is 0 Å². The number of halogens is 1. The first-order valence-electron chi connectivity index (χ1n) is 9.71. The first-order chi connectivity index (χ1) is 13.7. The molecule has 0 amide bonds. The van der Waals surface area contributed by atoms with Crippen molar-refractivity contribution < 1.29 is 9.50 Å². The molecule has 2 N–H and O–H groups in total. The molecule has 4 heterocycles. The summed E-state index contributed by atoms with van der Waals surface area (Å²) < 4.78 is 13.4. The minimum atomic E-state index is -0.296. The van der Waals surface area contributed by atoms with Crippen LogP contribution in [-0.2, 0) is 0 Å². The molecule has 5 rings (SSSR count). The number of aliphatic hydroxyl groups excluding tert-OH is 1. The maximum absolute atomic E-state index is 13.4. The Bertz CT molecular complexity index is 1010. The monoisotopic (exact) mass is 375 g/mol. The van der Waals surface area contributed by atoms with E-state index < -0.39 is 0 Å². The lowest BCUT2D eigenvalue weighted by atomic mass is 9.90. The zero-order chi connectivity index (χ0) is 19.1. The van der Waals surface area contributed by atoms with E-state index in [2.05, 4.69) is 20.9 Å². The standard InChI is InChI=1S/C23H22FN3O/c24-18-3-1-16(2-4-18)23-22(15-5-9-25-10-6-15)19(14-26-23)17-7-11-27-12-8-21(28)20(27)13-17/h1-6,9-10,13-14,20-21,26,28H,7-8,11-12H2/t20-,21?/m0/s1. The molecule has 3 aromatic rings. The van der Waals surface area contributed by atoms with Gasteiger partial charge in [-0.1, -0.05) is 6.08 Å². The van der Waals surface area contributed by atoms with Gasteiger partial charge < -0.3 is 10.1 Å². The van der Waals surface area contributed by atoms with Crippen LogP contribution < -0.4 is 0 Å². The second-order valence-electron chi connectivity index (χ2n) is 7.52. The first-order valence-corrected chi connectivity index (χ1v) is 9.71. The van der Waals surface area contributed by atoms with E-state index in [1.807, 2.05) is 18.3 Å². The van der Waals surface area contributed by atoms with Crippen molar-refractivity contribution in [2.75, 3.05) is 13.1 Å². The van der Waals surface area contributed by atoms with Crippen molar-refractivity contribution in [3.63, 3.8) is 0 Å². The van der Waals surface area contributed by atoms with E-state index in [-0.39, 0.29) is 18.0 Å². The molecule has 1 saturated heterocycles. The van der Waals surface area contributed by atoms with Crippen LogP contribution in [0.25, 0.3) is 28.0 Å². The van der Waals surface area contributed by atoms with E-state index in [1.165, 1.54) is 17.7 Å². The molecule has 5 heteroatoms. The fourth-order valence-corrected chi connectivity index (χ4v) is 4.46. The van der Waals surface area contributed by atoms with Crippen LogP contribution in [0.3, 0.4) is 0 Å². The number of pyridine rings is 1. The fourth-order valence-electron chi connectivity index (χ4n) is 4.46. The zero-order valence-corrected chi connectivity index (χ0v) is 15.5. The van der Waals surface area contributed by atoms with Crippen LogP contribution in [-0.4, -0.2) is 45.2 Å². The lowest BCUT2D eigenvalue weighted by Crippen LogP contribution is -2.37. The molecule has 2 atom stereocenters. The van der Waals surface area contributed by atoms with Gasteiger partial charge in [-0.05, 0) is 65.9 Å². The maximum Gasteiger partial charge on any atom is 0.123 e. The molecule has 1 aromatic carbocycles. The number of aliphatic hydroxyl groups is 1. The van der Waals surface area contributed by atoms with Gasteiger partial charge in [-0.15, -0.1) is 0 Å². The predicted molar refractivity (Wildman–Crippen MR) is 108 cm³/mol. The highest BCUT2D eigenvalue weighted by Crippen LogP contribution is 2.40. The molecule has 1 fully saturated rings. The quantitative estimate of drug-likeness (QED) is 0.725. The number of aromatic amines is 1. The molecule has 0 saturated carbocycles. The molecule has 2 aromatic heterocycles. The maximum atomic E-state index is 13.4. The fraction of sp³-hybridized carbons (Fsp3) is 0.261. The third-order valence-electron chi connectivity index (χ3n) is 5.90. The van der Waals surface area contributed by atoms with Gasteiger partial charge in [0.25, 0.3) is 0 Å². The minimum Gasteiger partial charge on any atom is -0.391 e. The molecule has 0 bridgehead atoms. The van der Waals surface area contributed by atoms with Crippen LogP contribution >= 0.6 is 0 Å². The van der Waals surface area contributed by atoms with Crippen molar-refractivity contribution in [1.29, 1.82) is 0 Å². The van der Waals surface area contributed by atoms with Crippen LogP contribution in [0.15, 0.2) is 61.1 Å². The summed E-state index contributed by atoms with van der Waals surface area (Å²) in [5, 5.41) is 10.3. The van der Waals surface area contributed by atoms with Crippen molar-refractivity contribution in [1.82, 2.24) is 14.9 Å². The van der Waals surface area contributed by atoms with E-state index in [9.17, 15) is 9.50 Å². The number of benzene rings is 1. The second-order valence-corrected chi connectivity index (χ2v) is 7.52. The SMILES string of the molecule is OC1CCN2CCC(c3c[nH]c(-c4ccc(F)cc4)c3-c3ccncc3)=C[C@@H]12. The van der Waals surface area contributed by atoms with Gasteiger partial charge in [-0.25, -0.2) is 4.39 Å². The number of nitrogens with zero attached hydrogens (tertiary/aromatic N) is 2. The van der Waals surface area contributed by atoms with Crippen molar-refractivity contribution >= 4 is 5.57 Å². The highest BCUT2D eigenvalue weighted by atomic mass is 19.1. The van der Waals surface area contributed by atoms with Gasteiger partial charge in [0, 0.05) is 42.8 Å². The lowest BCUT2D eigenvalue weighted by Gasteiger charge is -2.29. The summed E-state index contributed by atoms with van der Waals surface area (Å²) in [7, 11) is 0. The molecular formula is C23H22FN3O. The molecule has 0 aliphatic carbocycles. The highest BCUT2D eigenvalue weighted by molar-refractivity contribution is 5.91. The van der Waals surface area contributed by atoms with E-state index >= 15 is 0 Å². The molecule has 0 radical (unpaired) electrons. The summed E-state index contributed by atoms with van der Waals surface area (Å²) in [4.78, 5) is 9.92. The van der Waals surface area contributed by atoms with Gasteiger partial charge in [0.1, 0.15) is 5.82 Å². The molecule has 1 unspecified atom stereocenters. The van der Waals surface area contributed by atoms with Crippen molar-refractivity contribution in [2.45, 2.75) is 25.0 Å². The second kappa shape index (κ2) is 7.00. The lowest BCUT2D eigenvalue weighted by molar-refractivity contribution is 0.139. The molecule has 4 nitrogen and oxygen atoms in total. The molecule has 2 aliphatic rings. The average Bonchev–Trinajstić information content (AvgIpc) is 3.33. The van der Waals surface area contributed by atoms with Gasteiger partial charge in [0.05, 0.1) is 17.8 Å². The number of rotatable bonds is 3. The molecule has 2 aliphatic heterocycles. The van der Waals surface area contributed by atoms with Crippen LogP contribution in [0.5, 0.6) is 0 Å². The summed E-state index contributed by atoms with van der Waals surface area (Å²) in [6, 6.07) is 10.7. The van der Waals surface area contributed by atoms with Gasteiger partial charge in [0.15, 0.2) is 0 Å². The van der Waals surface area contributed by atoms with Gasteiger partial charge in [-0.2, -0.15) is 0 Å². The zero-order valence-electron chi connectivity index (χ0n) is 15.5. The number of nitrogens with one attached hydrogen (secondary N) is 1. The molecule has 142 valence electrons. The average molecular weight is 375 g/mol. The largest absolute Gasteiger partial charge is 0.391 e. The molecule has 28 heavy (non-hydrogen) atoms. The molecule has 0 spiro atoms. The number of fused-ring (bicyclic) bond motifs is 1. The summed E-state index contributed by atoms with van der Waals surface area (Å²) in [6.07, 6.45) is 9.33. The Morgan fingerprint density at radius 1 is 1.04 bits per heavy atom. The summed E-state index contributed by atoms with van der Waals surface area (Å²) >= 11 is 0. The Hall–Kier alpha value is -2.76. The topological polar surface area (TPSA) is 52.1 Å². The van der Waals surface area contributed by atoms with Crippen molar-refractivity contribution in [2.24, 2.45) is 0 Å². The first kappa shape index (κ1) is 17.3. The summed E-state index contributed by atoms with van der Waals surface area (Å²) in [5.41, 5.74) is 6.47. The number of hydrogen-bond donors (Lipinski definition) is 2. The third-order valence-corrected chi connectivity index (χ3v) is 5.90. The van der Waals surface area contributed by atoms with E-state index in [0.717, 1.165) is 53.9 Å². The van der Waals surface area contributed by atoms with E-state index in [4.69, 9.17) is 0 Å². The third kappa shape index (κ3) is 2.97. The minimum absolute atomic E-state index is 0.0956. The van der Waals surface area contributed by atoms with Gasteiger partial charge in [-0.3, -0.25) is 9.88 Å². The summed E-state index contributed by atoms with van der Waals surface area (Å²) in [5.74, 6) is -0.244. The predicted octanol–water partition coefficient (Wildman–Crippen LogP) is 4.11. The van der Waals surface area contributed by atoms with Crippen LogP contribution in [0.2, 0.25) is 0 Å². The van der Waals surface area contributed by atoms with Crippen molar-refractivity contribution in [3.05, 3.63) is 72.4 Å². The van der Waals surface area contributed by atoms with Crippen LogP contribution in [0, 0.1) is 5.82 Å². The van der Waals surface area contributed by atoms with Crippen LogP contribution in [0.4, 0.5) is 4.39 Å². The van der Waals surface area contributed by atoms with Crippen molar-refractivity contribution in [3.8, 4) is 22.4 Å². The number of aromatic nitrogens is 2. The normalized spacial score (nSPS) is 22.1. The van der Waals surface area contributed by atoms with Gasteiger partial charge in [0.2, 0.25) is 0 Å². The summed E-state index contributed by atoms with van der Waals surface area (Å²) in [6.45, 7) is 1.92. The molecular weight excluding hydrogens is 353 g/mol. The Labute approximate surface area is 163 Å². The Morgan fingerprint density at radius 3 is 2.61 bits per heavy atom. The van der Waals surface area contributed by atoms with E-state index in [1.54, 1.807) is 24.5 Å². The number of hydrogen-bond acceptors (Lipinski definition) is 3. The highest BCUT2D eigenvalue weighted by Gasteiger charge is 2.34. The smallest absolute Gasteiger partial charge is 0.123 e. The number of H-pyrrole nitrogens is 1. The Morgan fingerprint density at radius 2 is 1.82 bits per heavy atom. The Kier molecular flexibility index (Phi) is 4.34. The van der Waals surface area contributed by atoms with Crippen LogP contribution in [0.1, 0.15) is 18.4 Å². The Balaban J connectivity index is 1.65.